The van der Waals surface area contributed by atoms with Crippen LogP contribution in [0.4, 0.5) is 5.69 Å². The largest absolute Gasteiger partial charge is 0.480 e. The van der Waals surface area contributed by atoms with Crippen molar-refractivity contribution in [1.29, 1.82) is 0 Å². The molecule has 2 atom stereocenters. The summed E-state index contributed by atoms with van der Waals surface area (Å²) in [5, 5.41) is 15.1. The fourth-order valence-corrected chi connectivity index (χ4v) is 2.54. The Kier molecular flexibility index (Phi) is 3.97. The lowest BCUT2D eigenvalue weighted by molar-refractivity contribution is -0.147. The number of carboxylic acids is 1. The second kappa shape index (κ2) is 5.53. The molecule has 1 aliphatic heterocycles. The average Bonchev–Trinajstić information content (AvgIpc) is 2.82. The zero-order valence-electron chi connectivity index (χ0n) is 11.8. The van der Waals surface area contributed by atoms with Crippen molar-refractivity contribution in [2.75, 3.05) is 5.32 Å². The summed E-state index contributed by atoms with van der Waals surface area (Å²) in [6, 6.07) is 7.33. The van der Waals surface area contributed by atoms with Crippen molar-refractivity contribution < 1.29 is 14.7 Å². The number of nitrogens with one attached hydrogen (secondary N) is 2. The molecule has 20 heavy (non-hydrogen) atoms. The van der Waals surface area contributed by atoms with Crippen LogP contribution in [0.1, 0.15) is 32.3 Å². The average molecular weight is 276 g/mol. The van der Waals surface area contributed by atoms with Gasteiger partial charge in [0.25, 0.3) is 0 Å². The van der Waals surface area contributed by atoms with Gasteiger partial charge in [-0.25, -0.2) is 4.79 Å². The fraction of sp³-hybridized carbons (Fsp3) is 0.467. The molecule has 1 aromatic carbocycles. The van der Waals surface area contributed by atoms with E-state index < -0.39 is 17.6 Å². The quantitative estimate of drug-likeness (QED) is 0.766. The molecule has 0 spiro atoms. The predicted molar refractivity (Wildman–Crippen MR) is 76.6 cm³/mol. The van der Waals surface area contributed by atoms with E-state index in [1.54, 1.807) is 6.92 Å². The Morgan fingerprint density at radius 1 is 1.45 bits per heavy atom. The molecular weight excluding hydrogens is 256 g/mol. The number of rotatable bonds is 5. The van der Waals surface area contributed by atoms with E-state index in [-0.39, 0.29) is 5.91 Å². The molecule has 1 aliphatic rings. The van der Waals surface area contributed by atoms with Crippen LogP contribution in [0.15, 0.2) is 24.3 Å². The zero-order chi connectivity index (χ0) is 14.8. The van der Waals surface area contributed by atoms with E-state index in [0.29, 0.717) is 19.3 Å². The topological polar surface area (TPSA) is 78.4 Å². The summed E-state index contributed by atoms with van der Waals surface area (Å²) < 4.78 is 0. The van der Waals surface area contributed by atoms with Crippen LogP contribution in [-0.4, -0.2) is 28.6 Å². The van der Waals surface area contributed by atoms with E-state index in [9.17, 15) is 14.7 Å². The standard InChI is InChI=1S/C15H20N2O3/c1-3-8-15(2,14(19)20)17-13(18)12-9-10-6-4-5-7-11(10)16-12/h4-7,12,16H,3,8-9H2,1-2H3,(H,17,18)(H,19,20)/t12-,15?/m0/s1. The Hall–Kier alpha value is -2.04. The summed E-state index contributed by atoms with van der Waals surface area (Å²) >= 11 is 0. The van der Waals surface area contributed by atoms with E-state index in [0.717, 1.165) is 11.3 Å². The van der Waals surface area contributed by atoms with Crippen molar-refractivity contribution in [2.24, 2.45) is 0 Å². The third-order valence-electron chi connectivity index (χ3n) is 3.71. The van der Waals surface area contributed by atoms with Crippen molar-refractivity contribution in [1.82, 2.24) is 5.32 Å². The molecule has 1 aromatic rings. The lowest BCUT2D eigenvalue weighted by atomic mass is 9.95. The third-order valence-corrected chi connectivity index (χ3v) is 3.71. The van der Waals surface area contributed by atoms with Gasteiger partial charge in [-0.05, 0) is 25.0 Å². The number of hydrogen-bond donors (Lipinski definition) is 3. The van der Waals surface area contributed by atoms with Gasteiger partial charge in [-0.2, -0.15) is 0 Å². The van der Waals surface area contributed by atoms with Gasteiger partial charge < -0.3 is 15.7 Å². The highest BCUT2D eigenvalue weighted by molar-refractivity contribution is 5.92. The van der Waals surface area contributed by atoms with Gasteiger partial charge in [0.15, 0.2) is 0 Å². The van der Waals surface area contributed by atoms with Crippen LogP contribution in [-0.2, 0) is 16.0 Å². The van der Waals surface area contributed by atoms with Gasteiger partial charge in [0.1, 0.15) is 11.6 Å². The molecule has 0 aliphatic carbocycles. The van der Waals surface area contributed by atoms with Gasteiger partial charge in [-0.1, -0.05) is 31.5 Å². The van der Waals surface area contributed by atoms with Crippen LogP contribution >= 0.6 is 0 Å². The summed E-state index contributed by atoms with van der Waals surface area (Å²) in [7, 11) is 0. The number of carbonyl (C=O) groups excluding carboxylic acids is 1. The number of benzene rings is 1. The number of anilines is 1. The minimum atomic E-state index is -1.21. The smallest absolute Gasteiger partial charge is 0.329 e. The lowest BCUT2D eigenvalue weighted by Gasteiger charge is -2.27. The molecule has 1 amide bonds. The van der Waals surface area contributed by atoms with E-state index in [4.69, 9.17) is 0 Å². The molecule has 0 fully saturated rings. The highest BCUT2D eigenvalue weighted by Gasteiger charge is 2.37. The van der Waals surface area contributed by atoms with E-state index in [1.807, 2.05) is 31.2 Å². The normalized spacial score (nSPS) is 19.6. The zero-order valence-corrected chi connectivity index (χ0v) is 11.8. The fourth-order valence-electron chi connectivity index (χ4n) is 2.54. The van der Waals surface area contributed by atoms with Crippen molar-refractivity contribution in [3.05, 3.63) is 29.8 Å². The SMILES string of the molecule is CCCC(C)(NC(=O)[C@@H]1Cc2ccccc2N1)C(=O)O. The van der Waals surface area contributed by atoms with Crippen molar-refractivity contribution in [3.8, 4) is 0 Å². The predicted octanol–water partition coefficient (Wildman–Crippen LogP) is 1.78. The van der Waals surface area contributed by atoms with Crippen LogP contribution in [0, 0.1) is 0 Å². The van der Waals surface area contributed by atoms with Gasteiger partial charge in [-0.15, -0.1) is 0 Å². The first kappa shape index (κ1) is 14.4. The van der Waals surface area contributed by atoms with Gasteiger partial charge in [-0.3, -0.25) is 4.79 Å². The molecule has 2 rings (SSSR count). The Morgan fingerprint density at radius 3 is 2.75 bits per heavy atom. The van der Waals surface area contributed by atoms with Crippen LogP contribution in [0.25, 0.3) is 0 Å². The number of amides is 1. The Balaban J connectivity index is 2.05. The number of hydrogen-bond acceptors (Lipinski definition) is 3. The van der Waals surface area contributed by atoms with Gasteiger partial charge >= 0.3 is 5.97 Å². The molecular formula is C15H20N2O3. The Morgan fingerprint density at radius 2 is 2.15 bits per heavy atom. The molecule has 5 heteroatoms. The second-order valence-corrected chi connectivity index (χ2v) is 5.43. The molecule has 0 aromatic heterocycles. The van der Waals surface area contributed by atoms with Crippen LogP contribution in [0.5, 0.6) is 0 Å². The summed E-state index contributed by atoms with van der Waals surface area (Å²) in [4.78, 5) is 23.6. The lowest BCUT2D eigenvalue weighted by Crippen LogP contribution is -2.55. The summed E-state index contributed by atoms with van der Waals surface area (Å²) in [5.41, 5.74) is 0.822. The Labute approximate surface area is 118 Å². The number of para-hydroxylation sites is 1. The second-order valence-electron chi connectivity index (χ2n) is 5.43. The van der Waals surface area contributed by atoms with Gasteiger partial charge in [0.05, 0.1) is 0 Å². The van der Waals surface area contributed by atoms with Gasteiger partial charge in [0, 0.05) is 12.1 Å². The summed E-state index contributed by atoms with van der Waals surface area (Å²) in [6.07, 6.45) is 1.69. The van der Waals surface area contributed by atoms with E-state index >= 15 is 0 Å². The number of aliphatic carboxylic acids is 1. The van der Waals surface area contributed by atoms with Crippen molar-refractivity contribution in [2.45, 2.75) is 44.7 Å². The molecule has 5 nitrogen and oxygen atoms in total. The maximum atomic E-state index is 12.3. The van der Waals surface area contributed by atoms with E-state index in [2.05, 4.69) is 10.6 Å². The molecule has 0 bridgehead atoms. The minimum Gasteiger partial charge on any atom is -0.480 e. The number of carbonyl (C=O) groups is 2. The highest BCUT2D eigenvalue weighted by Crippen LogP contribution is 2.25. The van der Waals surface area contributed by atoms with Crippen molar-refractivity contribution in [3.63, 3.8) is 0 Å². The first-order chi connectivity index (χ1) is 9.46. The maximum absolute atomic E-state index is 12.3. The maximum Gasteiger partial charge on any atom is 0.329 e. The molecule has 108 valence electrons. The summed E-state index contributed by atoms with van der Waals surface area (Å²) in [6.45, 7) is 3.45. The first-order valence-corrected chi connectivity index (χ1v) is 6.86. The highest BCUT2D eigenvalue weighted by atomic mass is 16.4. The van der Waals surface area contributed by atoms with Crippen LogP contribution < -0.4 is 10.6 Å². The van der Waals surface area contributed by atoms with Crippen molar-refractivity contribution >= 4 is 17.6 Å². The third kappa shape index (κ3) is 2.76. The first-order valence-electron chi connectivity index (χ1n) is 6.86. The molecule has 1 unspecified atom stereocenters. The van der Waals surface area contributed by atoms with Gasteiger partial charge in [0.2, 0.25) is 5.91 Å². The monoisotopic (exact) mass is 276 g/mol. The van der Waals surface area contributed by atoms with E-state index in [1.165, 1.54) is 0 Å². The molecule has 0 saturated heterocycles. The Bertz CT molecular complexity index is 505. The minimum absolute atomic E-state index is 0.264. The van der Waals surface area contributed by atoms with Crippen LogP contribution in [0.3, 0.4) is 0 Å². The molecule has 0 radical (unpaired) electrons. The summed E-state index contributed by atoms with van der Waals surface area (Å²) in [5.74, 6) is -1.26. The number of carboxylic acid groups (broad SMARTS) is 1. The van der Waals surface area contributed by atoms with Crippen LogP contribution in [0.2, 0.25) is 0 Å². The number of fused-ring (bicyclic) bond motifs is 1. The molecule has 3 N–H and O–H groups in total. The molecule has 1 heterocycles. The molecule has 0 saturated carbocycles.